The van der Waals surface area contributed by atoms with Crippen LogP contribution >= 0.6 is 0 Å². The molecule has 1 aromatic carbocycles. The van der Waals surface area contributed by atoms with Gasteiger partial charge in [0.25, 0.3) is 0 Å². The first-order valence-electron chi connectivity index (χ1n) is 7.07. The van der Waals surface area contributed by atoms with Gasteiger partial charge in [-0.3, -0.25) is 9.69 Å². The van der Waals surface area contributed by atoms with Gasteiger partial charge in [0.15, 0.2) is 5.78 Å². The van der Waals surface area contributed by atoms with Crippen molar-refractivity contribution in [2.24, 2.45) is 5.92 Å². The number of rotatable bonds is 6. The quantitative estimate of drug-likeness (QED) is 0.737. The van der Waals surface area contributed by atoms with Crippen LogP contribution in [0.3, 0.4) is 0 Å². The number of nitrogens with zero attached hydrogens (tertiary/aromatic N) is 1. The van der Waals surface area contributed by atoms with E-state index in [2.05, 4.69) is 18.7 Å². The van der Waals surface area contributed by atoms with Crippen LogP contribution in [0.1, 0.15) is 36.2 Å². The number of hydrogen-bond donors (Lipinski definition) is 0. The zero-order valence-corrected chi connectivity index (χ0v) is 12.1. The van der Waals surface area contributed by atoms with Crippen LogP contribution in [0.4, 0.5) is 0 Å². The number of Topliss-reactive ketones (excluding diaryl/α,β-unsaturated/α-hetero) is 1. The van der Waals surface area contributed by atoms with E-state index in [-0.39, 0.29) is 5.78 Å². The van der Waals surface area contributed by atoms with Crippen molar-refractivity contribution in [3.8, 4) is 5.75 Å². The van der Waals surface area contributed by atoms with Crippen LogP contribution in [-0.4, -0.2) is 37.4 Å². The number of benzene rings is 1. The highest BCUT2D eigenvalue weighted by molar-refractivity contribution is 5.98. The van der Waals surface area contributed by atoms with Crippen LogP contribution in [-0.2, 0) is 6.42 Å². The molecule has 0 aliphatic carbocycles. The monoisotopic (exact) mass is 261 g/mol. The first kappa shape index (κ1) is 14.1. The summed E-state index contributed by atoms with van der Waals surface area (Å²) < 4.78 is 5.46. The average molecular weight is 261 g/mol. The molecule has 0 bridgehead atoms. The van der Waals surface area contributed by atoms with E-state index in [4.69, 9.17) is 4.74 Å². The number of fused-ring (bicyclic) bond motifs is 1. The second kappa shape index (κ2) is 6.20. The molecular formula is C16H23NO2. The predicted octanol–water partition coefficient (Wildman–Crippen LogP) is 2.78. The second-order valence-electron chi connectivity index (χ2n) is 5.55. The van der Waals surface area contributed by atoms with Crippen molar-refractivity contribution < 1.29 is 9.53 Å². The molecule has 1 aliphatic rings. The fourth-order valence-electron chi connectivity index (χ4n) is 2.42. The Hall–Kier alpha value is -1.35. The van der Waals surface area contributed by atoms with E-state index in [1.165, 1.54) is 0 Å². The van der Waals surface area contributed by atoms with Gasteiger partial charge in [-0.2, -0.15) is 0 Å². The summed E-state index contributed by atoms with van der Waals surface area (Å²) in [4.78, 5) is 14.4. The maximum atomic E-state index is 12.2. The third-order valence-corrected chi connectivity index (χ3v) is 3.75. The fourth-order valence-corrected chi connectivity index (χ4v) is 2.42. The number of likely N-dealkylation sites (N-methyl/N-ethyl adjacent to an activating group) is 1. The Morgan fingerprint density at radius 1 is 1.47 bits per heavy atom. The van der Waals surface area contributed by atoms with Gasteiger partial charge in [-0.1, -0.05) is 20.3 Å². The molecule has 1 unspecified atom stereocenters. The van der Waals surface area contributed by atoms with E-state index in [9.17, 15) is 4.79 Å². The van der Waals surface area contributed by atoms with Crippen LogP contribution < -0.4 is 4.74 Å². The number of hydrogen-bond acceptors (Lipinski definition) is 3. The summed E-state index contributed by atoms with van der Waals surface area (Å²) in [6.07, 6.45) is 2.06. The zero-order valence-electron chi connectivity index (χ0n) is 12.1. The van der Waals surface area contributed by atoms with E-state index < -0.39 is 0 Å². The van der Waals surface area contributed by atoms with Crippen molar-refractivity contribution in [1.29, 1.82) is 0 Å². The Labute approximate surface area is 115 Å². The molecule has 0 fully saturated rings. The molecule has 3 heteroatoms. The van der Waals surface area contributed by atoms with Crippen molar-refractivity contribution in [3.63, 3.8) is 0 Å². The predicted molar refractivity (Wildman–Crippen MR) is 76.9 cm³/mol. The molecule has 1 heterocycles. The highest BCUT2D eigenvalue weighted by atomic mass is 16.5. The topological polar surface area (TPSA) is 29.5 Å². The van der Waals surface area contributed by atoms with Crippen molar-refractivity contribution in [2.45, 2.75) is 26.7 Å². The second-order valence-corrected chi connectivity index (χ2v) is 5.55. The first-order valence-corrected chi connectivity index (χ1v) is 7.07. The van der Waals surface area contributed by atoms with Crippen molar-refractivity contribution in [2.75, 3.05) is 26.7 Å². The SMILES string of the molecule is CCC(C)CN(C)CC(=O)c1ccc2c(c1)CCO2. The number of ether oxygens (including phenoxy) is 1. The van der Waals surface area contributed by atoms with E-state index in [1.54, 1.807) is 0 Å². The molecule has 1 aliphatic heterocycles. The van der Waals surface area contributed by atoms with Gasteiger partial charge in [-0.15, -0.1) is 0 Å². The highest BCUT2D eigenvalue weighted by Gasteiger charge is 2.16. The van der Waals surface area contributed by atoms with Crippen LogP contribution in [0.2, 0.25) is 0 Å². The third kappa shape index (κ3) is 3.57. The summed E-state index contributed by atoms with van der Waals surface area (Å²) in [6.45, 7) is 6.59. The lowest BCUT2D eigenvalue weighted by atomic mass is 10.0. The molecule has 0 radical (unpaired) electrons. The maximum absolute atomic E-state index is 12.2. The lowest BCUT2D eigenvalue weighted by Gasteiger charge is -2.19. The molecule has 0 aromatic heterocycles. The molecule has 3 nitrogen and oxygen atoms in total. The highest BCUT2D eigenvalue weighted by Crippen LogP contribution is 2.26. The van der Waals surface area contributed by atoms with Gasteiger partial charge < -0.3 is 4.74 Å². The lowest BCUT2D eigenvalue weighted by molar-refractivity contribution is 0.0938. The zero-order chi connectivity index (χ0) is 13.8. The van der Waals surface area contributed by atoms with Crippen LogP contribution in [0.25, 0.3) is 0 Å². The molecule has 0 saturated heterocycles. The minimum Gasteiger partial charge on any atom is -0.493 e. The van der Waals surface area contributed by atoms with Gasteiger partial charge in [0.1, 0.15) is 5.75 Å². The van der Waals surface area contributed by atoms with Gasteiger partial charge in [-0.25, -0.2) is 0 Å². The molecule has 1 atom stereocenters. The van der Waals surface area contributed by atoms with Gasteiger partial charge in [0.05, 0.1) is 13.2 Å². The van der Waals surface area contributed by atoms with Crippen LogP contribution in [0, 0.1) is 5.92 Å². The third-order valence-electron chi connectivity index (χ3n) is 3.75. The summed E-state index contributed by atoms with van der Waals surface area (Å²) >= 11 is 0. The fraction of sp³-hybridized carbons (Fsp3) is 0.562. The van der Waals surface area contributed by atoms with Gasteiger partial charge >= 0.3 is 0 Å². The van der Waals surface area contributed by atoms with Crippen molar-refractivity contribution >= 4 is 5.78 Å². The summed E-state index contributed by atoms with van der Waals surface area (Å²) in [5.41, 5.74) is 1.97. The summed E-state index contributed by atoms with van der Waals surface area (Å²) in [5.74, 6) is 1.76. The molecule has 0 spiro atoms. The number of carbonyl (C=O) groups excluding carboxylic acids is 1. The van der Waals surface area contributed by atoms with E-state index >= 15 is 0 Å². The number of ketones is 1. The van der Waals surface area contributed by atoms with Crippen LogP contribution in [0.15, 0.2) is 18.2 Å². The van der Waals surface area contributed by atoms with E-state index in [1.807, 2.05) is 25.2 Å². The first-order chi connectivity index (χ1) is 9.10. The summed E-state index contributed by atoms with van der Waals surface area (Å²) in [6, 6.07) is 5.79. The van der Waals surface area contributed by atoms with Gasteiger partial charge in [0, 0.05) is 18.5 Å². The molecule has 104 valence electrons. The Kier molecular flexibility index (Phi) is 4.59. The Morgan fingerprint density at radius 2 is 2.26 bits per heavy atom. The van der Waals surface area contributed by atoms with Gasteiger partial charge in [-0.05, 0) is 36.7 Å². The smallest absolute Gasteiger partial charge is 0.176 e. The molecule has 0 saturated carbocycles. The average Bonchev–Trinajstić information content (AvgIpc) is 2.85. The largest absolute Gasteiger partial charge is 0.493 e. The van der Waals surface area contributed by atoms with Crippen molar-refractivity contribution in [1.82, 2.24) is 4.90 Å². The standard InChI is InChI=1S/C16H23NO2/c1-4-12(2)10-17(3)11-15(18)13-5-6-16-14(9-13)7-8-19-16/h5-6,9,12H,4,7-8,10-11H2,1-3H3. The maximum Gasteiger partial charge on any atom is 0.176 e. The van der Waals surface area contributed by atoms with E-state index in [0.29, 0.717) is 12.5 Å². The number of carbonyl (C=O) groups is 1. The minimum atomic E-state index is 0.195. The van der Waals surface area contributed by atoms with E-state index in [0.717, 1.165) is 42.9 Å². The molecular weight excluding hydrogens is 238 g/mol. The van der Waals surface area contributed by atoms with Gasteiger partial charge in [0.2, 0.25) is 0 Å². The lowest BCUT2D eigenvalue weighted by Crippen LogP contribution is -2.30. The normalized spacial score (nSPS) is 15.2. The Morgan fingerprint density at radius 3 is 3.00 bits per heavy atom. The summed E-state index contributed by atoms with van der Waals surface area (Å²) in [7, 11) is 2.01. The molecule has 0 N–H and O–H groups in total. The molecule has 0 amide bonds. The Bertz CT molecular complexity index is 456. The molecule has 2 rings (SSSR count). The van der Waals surface area contributed by atoms with Crippen molar-refractivity contribution in [3.05, 3.63) is 29.3 Å². The summed E-state index contributed by atoms with van der Waals surface area (Å²) in [5, 5.41) is 0. The molecule has 1 aromatic rings. The van der Waals surface area contributed by atoms with Crippen LogP contribution in [0.5, 0.6) is 5.75 Å². The minimum absolute atomic E-state index is 0.195. The Balaban J connectivity index is 1.96. The molecule has 19 heavy (non-hydrogen) atoms.